The summed E-state index contributed by atoms with van der Waals surface area (Å²) in [4.78, 5) is 39.6. The highest BCUT2D eigenvalue weighted by Gasteiger charge is 2.26. The summed E-state index contributed by atoms with van der Waals surface area (Å²) >= 11 is 0.803. The number of thiophene rings is 1. The Kier molecular flexibility index (Phi) is 6.98. The summed E-state index contributed by atoms with van der Waals surface area (Å²) in [6.45, 7) is 5.79. The molecular formula is C22H22F2N8O4S. The number of nitro groups is 1. The molecule has 0 aliphatic heterocycles. The third kappa shape index (κ3) is 5.02. The molecule has 0 radical (unpaired) electrons. The maximum absolute atomic E-state index is 13.7. The second-order valence-electron chi connectivity index (χ2n) is 8.15. The standard InChI is InChI=1S/C22H22F2N8O4S/c1-4-30-9-13(11(3)28-30)12-8-14(20(23)24)26-22-17(12)18(19(37-22)21(25)34)27-16(33)5-6-31-10(2)7-15(29-31)32(35)36/h7-9,20H,4-6H2,1-3H3,(H2,25,34)(H,27,33). The van der Waals surface area contributed by atoms with Gasteiger partial charge in [-0.25, -0.2) is 13.8 Å². The van der Waals surface area contributed by atoms with Gasteiger partial charge in [-0.15, -0.1) is 11.3 Å². The first kappa shape index (κ1) is 25.8. The number of pyridine rings is 1. The number of anilines is 1. The Morgan fingerprint density at radius 2 is 1.97 bits per heavy atom. The maximum Gasteiger partial charge on any atom is 0.390 e. The Morgan fingerprint density at radius 3 is 2.54 bits per heavy atom. The van der Waals surface area contributed by atoms with Crippen molar-refractivity contribution in [3.8, 4) is 11.1 Å². The van der Waals surface area contributed by atoms with E-state index < -0.39 is 28.9 Å². The van der Waals surface area contributed by atoms with Gasteiger partial charge in [0.1, 0.15) is 15.4 Å². The van der Waals surface area contributed by atoms with Crippen LogP contribution in [0.2, 0.25) is 0 Å². The van der Waals surface area contributed by atoms with E-state index in [9.17, 15) is 28.5 Å². The Balaban J connectivity index is 1.77. The van der Waals surface area contributed by atoms with Gasteiger partial charge in [0.2, 0.25) is 5.91 Å². The van der Waals surface area contributed by atoms with Gasteiger partial charge in [-0.2, -0.15) is 9.78 Å². The number of nitrogens with one attached hydrogen (secondary N) is 1. The van der Waals surface area contributed by atoms with Crippen molar-refractivity contribution in [1.82, 2.24) is 24.5 Å². The molecule has 4 aromatic heterocycles. The monoisotopic (exact) mass is 532 g/mol. The van der Waals surface area contributed by atoms with E-state index in [1.54, 1.807) is 24.7 Å². The van der Waals surface area contributed by atoms with Gasteiger partial charge in [-0.3, -0.25) is 14.3 Å². The largest absolute Gasteiger partial charge is 0.390 e. The lowest BCUT2D eigenvalue weighted by atomic mass is 10.0. The lowest BCUT2D eigenvalue weighted by molar-refractivity contribution is -0.389. The maximum atomic E-state index is 13.7. The van der Waals surface area contributed by atoms with Crippen molar-refractivity contribution in [3.05, 3.63) is 50.4 Å². The molecule has 0 atom stereocenters. The number of hydrogen-bond donors (Lipinski definition) is 2. The predicted molar refractivity (Wildman–Crippen MR) is 132 cm³/mol. The highest BCUT2D eigenvalue weighted by molar-refractivity contribution is 7.21. The zero-order chi connectivity index (χ0) is 27.0. The molecule has 4 heterocycles. The number of rotatable bonds is 9. The van der Waals surface area contributed by atoms with Gasteiger partial charge >= 0.3 is 5.82 Å². The van der Waals surface area contributed by atoms with Crippen molar-refractivity contribution in [2.45, 2.75) is 46.7 Å². The van der Waals surface area contributed by atoms with Gasteiger partial charge in [-0.05, 0) is 37.3 Å². The van der Waals surface area contributed by atoms with Crippen molar-refractivity contribution in [2.24, 2.45) is 5.73 Å². The number of nitrogens with two attached hydrogens (primary N) is 1. The van der Waals surface area contributed by atoms with Crippen molar-refractivity contribution in [1.29, 1.82) is 0 Å². The molecule has 0 unspecified atom stereocenters. The van der Waals surface area contributed by atoms with E-state index in [1.807, 2.05) is 6.92 Å². The number of hydrogen-bond acceptors (Lipinski definition) is 8. The fourth-order valence-electron chi connectivity index (χ4n) is 3.90. The summed E-state index contributed by atoms with van der Waals surface area (Å²) in [7, 11) is 0. The number of carbonyl (C=O) groups excluding carboxylic acids is 2. The zero-order valence-electron chi connectivity index (χ0n) is 20.0. The Hall–Kier alpha value is -4.27. The van der Waals surface area contributed by atoms with Gasteiger partial charge in [0.25, 0.3) is 12.3 Å². The lowest BCUT2D eigenvalue weighted by Crippen LogP contribution is -2.18. The molecule has 15 heteroatoms. The van der Waals surface area contributed by atoms with Crippen LogP contribution in [0.3, 0.4) is 0 Å². The molecule has 4 rings (SSSR count). The molecular weight excluding hydrogens is 510 g/mol. The van der Waals surface area contributed by atoms with Gasteiger partial charge in [0, 0.05) is 30.1 Å². The van der Waals surface area contributed by atoms with Crippen LogP contribution >= 0.6 is 11.3 Å². The van der Waals surface area contributed by atoms with E-state index in [0.29, 0.717) is 34.4 Å². The third-order valence-electron chi connectivity index (χ3n) is 5.66. The molecule has 3 N–H and O–H groups in total. The molecule has 37 heavy (non-hydrogen) atoms. The summed E-state index contributed by atoms with van der Waals surface area (Å²) in [5.41, 5.74) is 7.06. The fourth-order valence-corrected chi connectivity index (χ4v) is 4.91. The van der Waals surface area contributed by atoms with Gasteiger partial charge in [-0.1, -0.05) is 0 Å². The zero-order valence-corrected chi connectivity index (χ0v) is 20.8. The minimum Gasteiger partial charge on any atom is -0.365 e. The van der Waals surface area contributed by atoms with Crippen LogP contribution < -0.4 is 11.1 Å². The number of amides is 2. The SMILES string of the molecule is CCn1cc(-c2cc(C(F)F)nc3sc(C(N)=O)c(NC(=O)CCn4nc([N+](=O)[O-])cc4C)c23)c(C)n1. The minimum atomic E-state index is -2.87. The van der Waals surface area contributed by atoms with Crippen LogP contribution in [0.15, 0.2) is 18.3 Å². The molecule has 0 aromatic carbocycles. The topological polar surface area (TPSA) is 164 Å². The van der Waals surface area contributed by atoms with Crippen LogP contribution in [-0.2, 0) is 17.9 Å². The highest BCUT2D eigenvalue weighted by atomic mass is 32.1. The van der Waals surface area contributed by atoms with Crippen LogP contribution in [0, 0.1) is 24.0 Å². The molecule has 12 nitrogen and oxygen atoms in total. The van der Waals surface area contributed by atoms with Gasteiger partial charge < -0.3 is 21.2 Å². The van der Waals surface area contributed by atoms with Crippen molar-refractivity contribution < 1.29 is 23.3 Å². The molecule has 0 spiro atoms. The number of aromatic nitrogens is 5. The summed E-state index contributed by atoms with van der Waals surface area (Å²) in [5, 5.41) is 22.1. The molecule has 0 aliphatic carbocycles. The molecule has 0 fully saturated rings. The van der Waals surface area contributed by atoms with Crippen molar-refractivity contribution >= 4 is 44.9 Å². The first-order valence-corrected chi connectivity index (χ1v) is 11.9. The smallest absolute Gasteiger partial charge is 0.365 e. The number of carbonyl (C=O) groups is 2. The Morgan fingerprint density at radius 1 is 1.24 bits per heavy atom. The molecule has 0 aliphatic rings. The van der Waals surface area contributed by atoms with Gasteiger partial charge in [0.05, 0.1) is 34.8 Å². The minimum absolute atomic E-state index is 0.0303. The summed E-state index contributed by atoms with van der Waals surface area (Å²) in [5.74, 6) is -1.74. The van der Waals surface area contributed by atoms with Crippen molar-refractivity contribution in [2.75, 3.05) is 5.32 Å². The van der Waals surface area contributed by atoms with Gasteiger partial charge in [0.15, 0.2) is 0 Å². The number of halogens is 2. The molecule has 0 bridgehead atoms. The number of fused-ring (bicyclic) bond motifs is 1. The third-order valence-corrected chi connectivity index (χ3v) is 6.76. The fraction of sp³-hybridized carbons (Fsp3) is 0.318. The number of nitrogens with zero attached hydrogens (tertiary/aromatic N) is 6. The second kappa shape index (κ2) is 10.0. The first-order chi connectivity index (χ1) is 17.5. The normalized spacial score (nSPS) is 11.4. The average Bonchev–Trinajstić information content (AvgIpc) is 3.52. The summed E-state index contributed by atoms with van der Waals surface area (Å²) in [6, 6.07) is 2.50. The molecule has 0 saturated carbocycles. The Labute approximate surface area is 212 Å². The second-order valence-corrected chi connectivity index (χ2v) is 9.15. The van der Waals surface area contributed by atoms with E-state index in [2.05, 4.69) is 20.5 Å². The predicted octanol–water partition coefficient (Wildman–Crippen LogP) is 3.97. The first-order valence-electron chi connectivity index (χ1n) is 11.1. The molecule has 4 aromatic rings. The molecule has 2 amide bonds. The summed E-state index contributed by atoms with van der Waals surface area (Å²) < 4.78 is 30.4. The van der Waals surface area contributed by atoms with Crippen LogP contribution in [0.25, 0.3) is 21.3 Å². The summed E-state index contributed by atoms with van der Waals surface area (Å²) in [6.07, 6.45) is -1.32. The van der Waals surface area contributed by atoms with E-state index >= 15 is 0 Å². The Bertz CT molecular complexity index is 1540. The van der Waals surface area contributed by atoms with Crippen LogP contribution in [0.1, 0.15) is 46.5 Å². The van der Waals surface area contributed by atoms with Crippen LogP contribution in [0.4, 0.5) is 20.3 Å². The molecule has 0 saturated heterocycles. The van der Waals surface area contributed by atoms with E-state index in [4.69, 9.17) is 5.73 Å². The average molecular weight is 533 g/mol. The van der Waals surface area contributed by atoms with Crippen LogP contribution in [-0.4, -0.2) is 41.3 Å². The van der Waals surface area contributed by atoms with Crippen molar-refractivity contribution in [3.63, 3.8) is 0 Å². The number of primary amides is 1. The molecule has 194 valence electrons. The highest BCUT2D eigenvalue weighted by Crippen LogP contribution is 2.43. The lowest BCUT2D eigenvalue weighted by Gasteiger charge is -2.10. The number of aryl methyl sites for hydroxylation is 4. The van der Waals surface area contributed by atoms with E-state index in [0.717, 1.165) is 11.3 Å². The number of alkyl halides is 2. The van der Waals surface area contributed by atoms with E-state index in [-0.39, 0.29) is 34.2 Å². The van der Waals surface area contributed by atoms with E-state index in [1.165, 1.54) is 16.8 Å². The quantitative estimate of drug-likeness (QED) is 0.243. The van der Waals surface area contributed by atoms with Crippen LogP contribution in [0.5, 0.6) is 0 Å².